The van der Waals surface area contributed by atoms with E-state index in [9.17, 15) is 8.42 Å². The molecule has 5 nitrogen and oxygen atoms in total. The van der Waals surface area contributed by atoms with Crippen LogP contribution in [-0.2, 0) is 23.1 Å². The maximum Gasteiger partial charge on any atom is 0.263 e. The highest BCUT2D eigenvalue weighted by Crippen LogP contribution is 2.29. The van der Waals surface area contributed by atoms with Gasteiger partial charge in [-0.15, -0.1) is 11.3 Å². The average molecular weight is 359 g/mol. The number of rotatable bonds is 4. The molecule has 1 aliphatic heterocycles. The Morgan fingerprint density at radius 2 is 1.71 bits per heavy atom. The number of thiazole rings is 1. The van der Waals surface area contributed by atoms with Crippen LogP contribution in [0.2, 0.25) is 0 Å². The van der Waals surface area contributed by atoms with Gasteiger partial charge in [-0.3, -0.25) is 4.72 Å². The third-order valence-electron chi connectivity index (χ3n) is 4.01. The third kappa shape index (κ3) is 2.88. The molecule has 0 radical (unpaired) electrons. The topological polar surface area (TPSA) is 62.3 Å². The van der Waals surface area contributed by atoms with Crippen LogP contribution in [0.1, 0.15) is 12.6 Å². The molecule has 2 aromatic carbocycles. The molecule has 0 saturated heterocycles. The molecule has 1 aromatic heterocycles. The van der Waals surface area contributed by atoms with Crippen LogP contribution in [0.5, 0.6) is 0 Å². The lowest BCUT2D eigenvalue weighted by Gasteiger charge is -2.18. The molecular weight excluding hydrogens is 342 g/mol. The second kappa shape index (κ2) is 5.92. The first-order chi connectivity index (χ1) is 11.6. The smallest absolute Gasteiger partial charge is 0.263 e. The number of aromatic nitrogens is 1. The van der Waals surface area contributed by atoms with Crippen molar-refractivity contribution < 1.29 is 9.84 Å². The fraction of sp³-hybridized carbons (Fsp3) is 0.118. The first-order valence-electron chi connectivity index (χ1n) is 7.46. The van der Waals surface area contributed by atoms with Gasteiger partial charge in [0, 0.05) is 31.8 Å². The van der Waals surface area contributed by atoms with Gasteiger partial charge in [-0.2, -0.15) is 0 Å². The molecule has 0 atom stereocenters. The molecule has 24 heavy (non-hydrogen) atoms. The Morgan fingerprint density at radius 1 is 1.04 bits per heavy atom. The molecule has 2 heterocycles. The predicted octanol–water partition coefficient (Wildman–Crippen LogP) is 3.71. The van der Waals surface area contributed by atoms with Gasteiger partial charge in [-0.25, -0.2) is 13.4 Å². The molecule has 0 fully saturated rings. The van der Waals surface area contributed by atoms with E-state index in [1.165, 1.54) is 22.5 Å². The summed E-state index contributed by atoms with van der Waals surface area (Å²) in [6.45, 7) is 1.69. The molecule has 0 saturated carbocycles. The van der Waals surface area contributed by atoms with Crippen LogP contribution in [0.25, 0.3) is 0 Å². The molecule has 124 valence electrons. The van der Waals surface area contributed by atoms with Crippen LogP contribution in [0.4, 0.5) is 10.8 Å². The molecule has 0 amide bonds. The first kappa shape index (κ1) is 15.2. The molecular formula is C17H17N3O2S2. The van der Waals surface area contributed by atoms with Crippen LogP contribution in [0, 0.1) is 0 Å². The third-order valence-corrected chi connectivity index (χ3v) is 6.18. The second-order valence-electron chi connectivity index (χ2n) is 5.56. The molecule has 0 unspecified atom stereocenters. The molecule has 3 aromatic rings. The summed E-state index contributed by atoms with van der Waals surface area (Å²) < 4.78 is 27.2. The number of benzene rings is 2. The van der Waals surface area contributed by atoms with E-state index < -0.39 is 10.0 Å². The van der Waals surface area contributed by atoms with Gasteiger partial charge >= 0.3 is 0 Å². The van der Waals surface area contributed by atoms with E-state index in [1.807, 2.05) is 24.3 Å². The minimum absolute atomic E-state index is 0. The van der Waals surface area contributed by atoms with Crippen LogP contribution >= 0.6 is 11.3 Å². The summed E-state index contributed by atoms with van der Waals surface area (Å²) in [5.74, 6) is 0. The van der Waals surface area contributed by atoms with Crippen molar-refractivity contribution in [1.29, 1.82) is 0 Å². The number of hydrogen-bond donors (Lipinski definition) is 1. The van der Waals surface area contributed by atoms with Gasteiger partial charge in [-0.1, -0.05) is 24.3 Å². The molecule has 4 rings (SSSR count). The number of hydrogen-bond acceptors (Lipinski definition) is 5. The van der Waals surface area contributed by atoms with Gasteiger partial charge in [0.25, 0.3) is 10.0 Å². The summed E-state index contributed by atoms with van der Waals surface area (Å²) in [5, 5.41) is 2.10. The number of sulfonamides is 1. The van der Waals surface area contributed by atoms with E-state index >= 15 is 0 Å². The minimum atomic E-state index is -3.60. The standard InChI is InChI=1S/C17H15N3O2S2.H2/c21-24(22,19-17-18-9-10-23-17)16-7-5-15(6-8-16)20-11-13-3-1-2-4-14(13)12-20;/h1-10H,11-12H2,(H,18,19);1H. The van der Waals surface area contributed by atoms with Crippen LogP contribution in [-0.4, -0.2) is 13.4 Å². The van der Waals surface area contributed by atoms with Crippen molar-refractivity contribution in [1.82, 2.24) is 4.98 Å². The minimum Gasteiger partial charge on any atom is -0.363 e. The Kier molecular flexibility index (Phi) is 3.74. The van der Waals surface area contributed by atoms with Crippen LogP contribution in [0.3, 0.4) is 0 Å². The quantitative estimate of drug-likeness (QED) is 0.771. The Hall–Kier alpha value is -2.38. The van der Waals surface area contributed by atoms with E-state index in [0.717, 1.165) is 18.8 Å². The highest BCUT2D eigenvalue weighted by molar-refractivity contribution is 7.93. The van der Waals surface area contributed by atoms with E-state index in [-0.39, 0.29) is 6.32 Å². The van der Waals surface area contributed by atoms with E-state index in [0.29, 0.717) is 5.13 Å². The first-order valence-corrected chi connectivity index (χ1v) is 9.82. The van der Waals surface area contributed by atoms with Gasteiger partial charge in [0.1, 0.15) is 0 Å². The lowest BCUT2D eigenvalue weighted by atomic mass is 10.1. The molecule has 0 bridgehead atoms. The zero-order valence-electron chi connectivity index (χ0n) is 12.7. The maximum absolute atomic E-state index is 12.4. The number of nitrogens with zero attached hydrogens (tertiary/aromatic N) is 2. The number of fused-ring (bicyclic) bond motifs is 1. The van der Waals surface area contributed by atoms with Gasteiger partial charge in [0.2, 0.25) is 0 Å². The normalized spacial score (nSPS) is 13.8. The van der Waals surface area contributed by atoms with Gasteiger partial charge in [0.15, 0.2) is 5.13 Å². The summed E-state index contributed by atoms with van der Waals surface area (Å²) in [4.78, 5) is 6.42. The zero-order chi connectivity index (χ0) is 16.6. The van der Waals surface area contributed by atoms with Crippen molar-refractivity contribution in [2.24, 2.45) is 0 Å². The second-order valence-corrected chi connectivity index (χ2v) is 8.14. The highest BCUT2D eigenvalue weighted by atomic mass is 32.2. The summed E-state index contributed by atoms with van der Waals surface area (Å²) in [6.07, 6.45) is 1.57. The van der Waals surface area contributed by atoms with E-state index in [4.69, 9.17) is 0 Å². The number of nitrogens with one attached hydrogen (secondary N) is 1. The predicted molar refractivity (Wildman–Crippen MR) is 97.8 cm³/mol. The van der Waals surface area contributed by atoms with Crippen molar-refractivity contribution in [3.63, 3.8) is 0 Å². The Balaban J connectivity index is 0.00000182. The van der Waals surface area contributed by atoms with Crippen molar-refractivity contribution in [2.75, 3.05) is 9.62 Å². The lowest BCUT2D eigenvalue weighted by molar-refractivity contribution is 0.601. The van der Waals surface area contributed by atoms with Gasteiger partial charge in [0.05, 0.1) is 4.90 Å². The average Bonchev–Trinajstić information content (AvgIpc) is 3.23. The molecule has 0 spiro atoms. The van der Waals surface area contributed by atoms with Crippen molar-refractivity contribution in [3.8, 4) is 0 Å². The summed E-state index contributed by atoms with van der Waals surface area (Å²) >= 11 is 1.25. The maximum atomic E-state index is 12.4. The van der Waals surface area contributed by atoms with Crippen LogP contribution < -0.4 is 9.62 Å². The fourth-order valence-electron chi connectivity index (χ4n) is 2.80. The zero-order valence-corrected chi connectivity index (χ0v) is 14.3. The fourth-order valence-corrected chi connectivity index (χ4v) is 4.59. The molecule has 1 N–H and O–H groups in total. The monoisotopic (exact) mass is 359 g/mol. The van der Waals surface area contributed by atoms with Gasteiger partial charge in [-0.05, 0) is 35.4 Å². The Morgan fingerprint density at radius 3 is 2.29 bits per heavy atom. The summed E-state index contributed by atoms with van der Waals surface area (Å²) in [5.41, 5.74) is 3.65. The lowest BCUT2D eigenvalue weighted by Crippen LogP contribution is -2.15. The molecule has 1 aliphatic rings. The number of anilines is 2. The summed E-state index contributed by atoms with van der Waals surface area (Å²) in [7, 11) is -3.60. The van der Waals surface area contributed by atoms with Crippen LogP contribution in [0.15, 0.2) is 65.0 Å². The highest BCUT2D eigenvalue weighted by Gasteiger charge is 2.20. The Bertz CT molecular complexity index is 933. The van der Waals surface area contributed by atoms with E-state index in [1.54, 1.807) is 23.7 Å². The van der Waals surface area contributed by atoms with Crippen molar-refractivity contribution in [3.05, 3.63) is 71.2 Å². The largest absolute Gasteiger partial charge is 0.363 e. The van der Waals surface area contributed by atoms with Crippen molar-refractivity contribution in [2.45, 2.75) is 18.0 Å². The van der Waals surface area contributed by atoms with E-state index in [2.05, 4.69) is 26.7 Å². The SMILES string of the molecule is O=S(=O)(Nc1nccs1)c1ccc(N2Cc3ccccc3C2)cc1.[HH]. The molecule has 7 heteroatoms. The van der Waals surface area contributed by atoms with Crippen molar-refractivity contribution >= 4 is 32.2 Å². The van der Waals surface area contributed by atoms with Gasteiger partial charge < -0.3 is 4.90 Å². The molecule has 0 aliphatic carbocycles. The Labute approximate surface area is 146 Å². The summed E-state index contributed by atoms with van der Waals surface area (Å²) in [6, 6.07) is 15.3.